The Morgan fingerprint density at radius 3 is 2.52 bits per heavy atom. The van der Waals surface area contributed by atoms with E-state index >= 15 is 0 Å². The standard InChI is InChI=1S/C16H20N4O2S/c1-4-20(10-7-13-5-8-17-9-6-13)15(22)14(21)19-16-18-11(2)12(3)23-16/h5-6,8-9H,4,7,10H2,1-3H3,(H,18,19,21). The van der Waals surface area contributed by atoms with Gasteiger partial charge in [-0.1, -0.05) is 0 Å². The number of hydrogen-bond acceptors (Lipinski definition) is 5. The van der Waals surface area contributed by atoms with Gasteiger partial charge in [-0.15, -0.1) is 11.3 Å². The number of carbonyl (C=O) groups excluding carboxylic acids is 2. The van der Waals surface area contributed by atoms with E-state index in [1.54, 1.807) is 12.4 Å². The zero-order chi connectivity index (χ0) is 16.8. The van der Waals surface area contributed by atoms with Crippen LogP contribution in [-0.4, -0.2) is 39.8 Å². The van der Waals surface area contributed by atoms with Crippen molar-refractivity contribution in [1.82, 2.24) is 14.9 Å². The molecule has 2 aromatic heterocycles. The summed E-state index contributed by atoms with van der Waals surface area (Å²) >= 11 is 1.37. The van der Waals surface area contributed by atoms with E-state index in [9.17, 15) is 9.59 Å². The van der Waals surface area contributed by atoms with Crippen molar-refractivity contribution in [2.24, 2.45) is 0 Å². The van der Waals surface area contributed by atoms with Crippen LogP contribution in [-0.2, 0) is 16.0 Å². The Balaban J connectivity index is 1.94. The molecule has 0 aliphatic heterocycles. The fourth-order valence-electron chi connectivity index (χ4n) is 2.04. The van der Waals surface area contributed by atoms with Gasteiger partial charge in [-0.05, 0) is 44.9 Å². The lowest BCUT2D eigenvalue weighted by Crippen LogP contribution is -2.40. The van der Waals surface area contributed by atoms with E-state index in [-0.39, 0.29) is 0 Å². The van der Waals surface area contributed by atoms with E-state index in [2.05, 4.69) is 15.3 Å². The summed E-state index contributed by atoms with van der Waals surface area (Å²) in [7, 11) is 0. The van der Waals surface area contributed by atoms with Gasteiger partial charge in [0, 0.05) is 30.4 Å². The van der Waals surface area contributed by atoms with Gasteiger partial charge in [0.15, 0.2) is 5.13 Å². The van der Waals surface area contributed by atoms with Crippen molar-refractivity contribution < 1.29 is 9.59 Å². The lowest BCUT2D eigenvalue weighted by molar-refractivity contribution is -0.143. The molecule has 0 bridgehead atoms. The third kappa shape index (κ3) is 4.59. The topological polar surface area (TPSA) is 75.2 Å². The minimum atomic E-state index is -0.643. The zero-order valence-electron chi connectivity index (χ0n) is 13.5. The van der Waals surface area contributed by atoms with Crippen molar-refractivity contribution in [3.8, 4) is 0 Å². The van der Waals surface area contributed by atoms with Crippen LogP contribution in [0.4, 0.5) is 5.13 Å². The second-order valence-corrected chi connectivity index (χ2v) is 6.31. The molecule has 2 heterocycles. The van der Waals surface area contributed by atoms with Gasteiger partial charge in [0.05, 0.1) is 5.69 Å². The number of likely N-dealkylation sites (N-methyl/N-ethyl adjacent to an activating group) is 1. The Morgan fingerprint density at radius 1 is 1.26 bits per heavy atom. The van der Waals surface area contributed by atoms with Crippen molar-refractivity contribution in [3.63, 3.8) is 0 Å². The number of pyridine rings is 1. The molecule has 2 aromatic rings. The van der Waals surface area contributed by atoms with Gasteiger partial charge in [0.1, 0.15) is 0 Å². The molecule has 0 unspecified atom stereocenters. The van der Waals surface area contributed by atoms with Gasteiger partial charge >= 0.3 is 11.8 Å². The average Bonchev–Trinajstić information content (AvgIpc) is 2.86. The predicted molar refractivity (Wildman–Crippen MR) is 90.4 cm³/mol. The van der Waals surface area contributed by atoms with Gasteiger partial charge in [0.25, 0.3) is 0 Å². The molecule has 7 heteroatoms. The first kappa shape index (κ1) is 17.1. The molecule has 0 radical (unpaired) electrons. The van der Waals surface area contributed by atoms with E-state index < -0.39 is 11.8 Å². The minimum absolute atomic E-state index is 0.462. The highest BCUT2D eigenvalue weighted by atomic mass is 32.1. The lowest BCUT2D eigenvalue weighted by atomic mass is 10.2. The largest absolute Gasteiger partial charge is 0.334 e. The number of carbonyl (C=O) groups is 2. The number of hydrogen-bond donors (Lipinski definition) is 1. The van der Waals surface area contributed by atoms with E-state index in [1.807, 2.05) is 32.9 Å². The summed E-state index contributed by atoms with van der Waals surface area (Å²) in [6.07, 6.45) is 4.12. The first-order chi connectivity index (χ1) is 11.0. The van der Waals surface area contributed by atoms with Gasteiger partial charge in [0.2, 0.25) is 0 Å². The molecular weight excluding hydrogens is 312 g/mol. The average molecular weight is 332 g/mol. The van der Waals surface area contributed by atoms with Crippen LogP contribution in [0.25, 0.3) is 0 Å². The first-order valence-corrected chi connectivity index (χ1v) is 8.26. The molecule has 0 aliphatic carbocycles. The number of amides is 2. The normalized spacial score (nSPS) is 10.4. The molecule has 2 rings (SSSR count). The Bertz CT molecular complexity index is 665. The molecule has 0 saturated carbocycles. The SMILES string of the molecule is CCN(CCc1ccncc1)C(=O)C(=O)Nc1nc(C)c(C)s1. The van der Waals surface area contributed by atoms with Crippen molar-refractivity contribution in [1.29, 1.82) is 0 Å². The van der Waals surface area contributed by atoms with E-state index in [4.69, 9.17) is 0 Å². The number of rotatable bonds is 5. The molecule has 1 N–H and O–H groups in total. The number of nitrogens with one attached hydrogen (secondary N) is 1. The Kier molecular flexibility index (Phi) is 5.81. The number of thiazole rings is 1. The Morgan fingerprint density at radius 2 is 1.96 bits per heavy atom. The first-order valence-electron chi connectivity index (χ1n) is 7.44. The molecule has 122 valence electrons. The number of anilines is 1. The maximum Gasteiger partial charge on any atom is 0.315 e. The summed E-state index contributed by atoms with van der Waals surface area (Å²) in [6.45, 7) is 6.62. The maximum atomic E-state index is 12.3. The summed E-state index contributed by atoms with van der Waals surface area (Å²) in [5.74, 6) is -1.18. The molecule has 0 spiro atoms. The van der Waals surface area contributed by atoms with Crippen molar-refractivity contribution in [2.75, 3.05) is 18.4 Å². The lowest BCUT2D eigenvalue weighted by Gasteiger charge is -2.19. The molecule has 0 aromatic carbocycles. The molecule has 6 nitrogen and oxygen atoms in total. The Labute approximate surface area is 139 Å². The molecule has 0 saturated heterocycles. The van der Waals surface area contributed by atoms with Crippen molar-refractivity contribution in [2.45, 2.75) is 27.2 Å². The van der Waals surface area contributed by atoms with Gasteiger partial charge in [-0.3, -0.25) is 19.9 Å². The minimum Gasteiger partial charge on any atom is -0.334 e. The van der Waals surface area contributed by atoms with Crippen LogP contribution in [0.5, 0.6) is 0 Å². The van der Waals surface area contributed by atoms with E-state index in [0.717, 1.165) is 16.1 Å². The van der Waals surface area contributed by atoms with Crippen LogP contribution in [0.15, 0.2) is 24.5 Å². The van der Waals surface area contributed by atoms with Gasteiger partial charge in [-0.2, -0.15) is 0 Å². The molecule has 23 heavy (non-hydrogen) atoms. The summed E-state index contributed by atoms with van der Waals surface area (Å²) in [5.41, 5.74) is 1.95. The van der Waals surface area contributed by atoms with E-state index in [1.165, 1.54) is 16.2 Å². The van der Waals surface area contributed by atoms with Crippen LogP contribution in [0, 0.1) is 13.8 Å². The third-order valence-corrected chi connectivity index (χ3v) is 4.52. The second-order valence-electron chi connectivity index (χ2n) is 5.11. The zero-order valence-corrected chi connectivity index (χ0v) is 14.3. The summed E-state index contributed by atoms with van der Waals surface area (Å²) in [6, 6.07) is 3.80. The van der Waals surface area contributed by atoms with Gasteiger partial charge < -0.3 is 4.90 Å². The molecule has 0 atom stereocenters. The maximum absolute atomic E-state index is 12.3. The monoisotopic (exact) mass is 332 g/mol. The molecule has 0 fully saturated rings. The van der Waals surface area contributed by atoms with Crippen LogP contribution < -0.4 is 5.32 Å². The highest BCUT2D eigenvalue weighted by molar-refractivity contribution is 7.15. The number of aryl methyl sites for hydroxylation is 2. The predicted octanol–water partition coefficient (Wildman–Crippen LogP) is 2.18. The van der Waals surface area contributed by atoms with E-state index in [0.29, 0.717) is 24.6 Å². The molecule has 2 amide bonds. The second kappa shape index (κ2) is 7.82. The van der Waals surface area contributed by atoms with Crippen LogP contribution >= 0.6 is 11.3 Å². The van der Waals surface area contributed by atoms with Crippen LogP contribution in [0.3, 0.4) is 0 Å². The number of nitrogens with zero attached hydrogens (tertiary/aromatic N) is 3. The smallest absolute Gasteiger partial charge is 0.315 e. The highest BCUT2D eigenvalue weighted by Crippen LogP contribution is 2.21. The summed E-state index contributed by atoms with van der Waals surface area (Å²) in [5, 5.41) is 3.05. The van der Waals surface area contributed by atoms with Crippen molar-refractivity contribution in [3.05, 3.63) is 40.7 Å². The van der Waals surface area contributed by atoms with Gasteiger partial charge in [-0.25, -0.2) is 4.98 Å². The summed E-state index contributed by atoms with van der Waals surface area (Å²) in [4.78, 5) is 35.1. The van der Waals surface area contributed by atoms with Crippen LogP contribution in [0.2, 0.25) is 0 Å². The third-order valence-electron chi connectivity index (χ3n) is 3.53. The summed E-state index contributed by atoms with van der Waals surface area (Å²) < 4.78 is 0. The quantitative estimate of drug-likeness (QED) is 0.852. The Hall–Kier alpha value is -2.28. The fourth-order valence-corrected chi connectivity index (χ4v) is 2.85. The highest BCUT2D eigenvalue weighted by Gasteiger charge is 2.21. The fraction of sp³-hybridized carbons (Fsp3) is 0.375. The molecular formula is C16H20N4O2S. The molecule has 0 aliphatic rings. The number of aromatic nitrogens is 2. The van der Waals surface area contributed by atoms with Crippen LogP contribution in [0.1, 0.15) is 23.1 Å². The van der Waals surface area contributed by atoms with Crippen molar-refractivity contribution >= 4 is 28.3 Å².